The molecule has 1 N–H and O–H groups in total. The van der Waals surface area contributed by atoms with Crippen LogP contribution in [0.4, 0.5) is 0 Å². The summed E-state index contributed by atoms with van der Waals surface area (Å²) in [5, 5.41) is 9.43. The predicted octanol–water partition coefficient (Wildman–Crippen LogP) is 6.27. The highest BCUT2D eigenvalue weighted by molar-refractivity contribution is 9.10. The molecule has 0 spiro atoms. The number of carboxylic acid groups (broad SMARTS) is 1. The maximum Gasteiger partial charge on any atom is 0.336 e. The fraction of sp³-hybridized carbons (Fsp3) is 0.174. The maximum absolute atomic E-state index is 11.5. The summed E-state index contributed by atoms with van der Waals surface area (Å²) >= 11 is 3.50. The normalized spacial score (nSPS) is 11.8. The number of carbonyl (C=O) groups is 1. The van der Waals surface area contributed by atoms with Crippen molar-refractivity contribution in [2.45, 2.75) is 25.9 Å². The van der Waals surface area contributed by atoms with Gasteiger partial charge < -0.3 is 9.84 Å². The highest BCUT2D eigenvalue weighted by Crippen LogP contribution is 2.39. The summed E-state index contributed by atoms with van der Waals surface area (Å²) in [7, 11) is 0. The second kappa shape index (κ2) is 8.87. The molecule has 3 rings (SSSR count). The highest BCUT2D eigenvalue weighted by atomic mass is 79.9. The molecule has 4 heteroatoms. The lowest BCUT2D eigenvalue weighted by Crippen LogP contribution is -2.07. The third-order valence-corrected chi connectivity index (χ3v) is 5.46. The van der Waals surface area contributed by atoms with Gasteiger partial charge in [-0.1, -0.05) is 67.6 Å². The van der Waals surface area contributed by atoms with Crippen LogP contribution in [0.5, 0.6) is 5.75 Å². The van der Waals surface area contributed by atoms with Crippen LogP contribution in [0, 0.1) is 0 Å². The summed E-state index contributed by atoms with van der Waals surface area (Å²) in [5.74, 6) is -0.0846. The molecule has 0 heterocycles. The molecule has 0 saturated heterocycles. The van der Waals surface area contributed by atoms with Gasteiger partial charge in [-0.2, -0.15) is 0 Å². The number of rotatable bonds is 7. The summed E-state index contributed by atoms with van der Waals surface area (Å²) in [6.07, 6.45) is 0.827. The van der Waals surface area contributed by atoms with Gasteiger partial charge in [-0.3, -0.25) is 0 Å². The molecule has 0 aliphatic carbocycles. The first-order chi connectivity index (χ1) is 13.1. The molecule has 1 unspecified atom stereocenters. The summed E-state index contributed by atoms with van der Waals surface area (Å²) in [6.45, 7) is 2.59. The number of aromatic carboxylic acids is 1. The van der Waals surface area contributed by atoms with E-state index >= 15 is 0 Å². The quantitative estimate of drug-likeness (QED) is 0.486. The summed E-state index contributed by atoms with van der Waals surface area (Å²) < 4.78 is 6.74. The van der Waals surface area contributed by atoms with Crippen LogP contribution in [0.2, 0.25) is 0 Å². The van der Waals surface area contributed by atoms with Crippen molar-refractivity contribution < 1.29 is 14.6 Å². The van der Waals surface area contributed by atoms with Crippen molar-refractivity contribution in [2.24, 2.45) is 0 Å². The Morgan fingerprint density at radius 3 is 2.33 bits per heavy atom. The number of ether oxygens (including phenoxy) is 1. The molecule has 1 atom stereocenters. The van der Waals surface area contributed by atoms with Crippen molar-refractivity contribution in [2.75, 3.05) is 0 Å². The molecule has 3 aromatic carbocycles. The minimum atomic E-state index is -0.938. The lowest BCUT2D eigenvalue weighted by molar-refractivity contribution is 0.0695. The van der Waals surface area contributed by atoms with Crippen LogP contribution in [0.3, 0.4) is 0 Å². The number of hydrogen-bond acceptors (Lipinski definition) is 2. The van der Waals surface area contributed by atoms with E-state index in [1.807, 2.05) is 60.7 Å². The Bertz CT molecular complexity index is 922. The van der Waals surface area contributed by atoms with Crippen LogP contribution in [0.1, 0.15) is 46.3 Å². The number of halogens is 1. The van der Waals surface area contributed by atoms with Crippen LogP contribution in [-0.4, -0.2) is 11.1 Å². The largest absolute Gasteiger partial charge is 0.489 e. The Hall–Kier alpha value is -2.59. The van der Waals surface area contributed by atoms with E-state index in [0.29, 0.717) is 11.1 Å². The number of para-hydroxylation sites is 1. The average Bonchev–Trinajstić information content (AvgIpc) is 2.69. The molecular formula is C23H21BrO3. The minimum absolute atomic E-state index is 0.0330. The van der Waals surface area contributed by atoms with Gasteiger partial charge in [0.2, 0.25) is 0 Å². The van der Waals surface area contributed by atoms with Crippen molar-refractivity contribution in [3.63, 3.8) is 0 Å². The molecule has 0 saturated carbocycles. The third kappa shape index (κ3) is 4.40. The highest BCUT2D eigenvalue weighted by Gasteiger charge is 2.22. The molecule has 0 aliphatic rings. The summed E-state index contributed by atoms with van der Waals surface area (Å²) in [5.41, 5.74) is 3.38. The van der Waals surface area contributed by atoms with Gasteiger partial charge in [-0.25, -0.2) is 4.79 Å². The van der Waals surface area contributed by atoms with Crippen molar-refractivity contribution >= 4 is 21.9 Å². The van der Waals surface area contributed by atoms with Crippen molar-refractivity contribution in [1.82, 2.24) is 0 Å². The Kier molecular flexibility index (Phi) is 6.30. The Morgan fingerprint density at radius 1 is 0.963 bits per heavy atom. The van der Waals surface area contributed by atoms with Gasteiger partial charge >= 0.3 is 5.97 Å². The van der Waals surface area contributed by atoms with Crippen molar-refractivity contribution in [3.8, 4) is 5.75 Å². The molecule has 0 amide bonds. The Labute approximate surface area is 167 Å². The Morgan fingerprint density at radius 2 is 1.63 bits per heavy atom. The van der Waals surface area contributed by atoms with Gasteiger partial charge in [-0.15, -0.1) is 0 Å². The molecule has 138 valence electrons. The van der Waals surface area contributed by atoms with Crippen LogP contribution >= 0.6 is 15.9 Å². The molecular weight excluding hydrogens is 404 g/mol. The lowest BCUT2D eigenvalue weighted by atomic mass is 9.87. The van der Waals surface area contributed by atoms with Gasteiger partial charge in [0, 0.05) is 16.0 Å². The summed E-state index contributed by atoms with van der Waals surface area (Å²) in [4.78, 5) is 11.5. The smallest absolute Gasteiger partial charge is 0.336 e. The first-order valence-electron chi connectivity index (χ1n) is 8.89. The van der Waals surface area contributed by atoms with Crippen LogP contribution < -0.4 is 4.74 Å². The van der Waals surface area contributed by atoms with E-state index in [1.54, 1.807) is 12.1 Å². The zero-order valence-electron chi connectivity index (χ0n) is 15.1. The zero-order valence-corrected chi connectivity index (χ0v) is 16.6. The average molecular weight is 425 g/mol. The van der Waals surface area contributed by atoms with E-state index in [1.165, 1.54) is 0 Å². The van der Waals surface area contributed by atoms with Gasteiger partial charge in [-0.05, 0) is 45.6 Å². The predicted molar refractivity (Wildman–Crippen MR) is 110 cm³/mol. The first-order valence-corrected chi connectivity index (χ1v) is 9.68. The maximum atomic E-state index is 11.5. The first kappa shape index (κ1) is 19.2. The standard InChI is InChI=1S/C23H21BrO3/c1-2-17(19-12-8-13-20(22(19)24)23(25)26)18-11-6-7-14-21(18)27-15-16-9-4-3-5-10-16/h3-14,17H,2,15H2,1H3,(H,25,26). The lowest BCUT2D eigenvalue weighted by Gasteiger charge is -2.21. The molecule has 0 fully saturated rings. The van der Waals surface area contributed by atoms with Crippen molar-refractivity contribution in [3.05, 3.63) is 99.5 Å². The molecule has 27 heavy (non-hydrogen) atoms. The second-order valence-corrected chi connectivity index (χ2v) is 7.08. The second-order valence-electron chi connectivity index (χ2n) is 6.29. The number of hydrogen-bond donors (Lipinski definition) is 1. The van der Waals surface area contributed by atoms with Gasteiger partial charge in [0.25, 0.3) is 0 Å². The SMILES string of the molecule is CCC(c1ccccc1OCc1ccccc1)c1cccc(C(=O)O)c1Br. The summed E-state index contributed by atoms with van der Waals surface area (Å²) in [6, 6.07) is 23.4. The van der Waals surface area contributed by atoms with E-state index in [-0.39, 0.29) is 11.5 Å². The number of carboxylic acids is 1. The monoisotopic (exact) mass is 424 g/mol. The zero-order chi connectivity index (χ0) is 19.2. The minimum Gasteiger partial charge on any atom is -0.489 e. The van der Waals surface area contributed by atoms with E-state index in [9.17, 15) is 9.90 Å². The fourth-order valence-corrected chi connectivity index (χ4v) is 3.94. The van der Waals surface area contributed by atoms with E-state index in [4.69, 9.17) is 4.74 Å². The fourth-order valence-electron chi connectivity index (χ4n) is 3.23. The molecule has 0 radical (unpaired) electrons. The van der Waals surface area contributed by atoms with Crippen molar-refractivity contribution in [1.29, 1.82) is 0 Å². The van der Waals surface area contributed by atoms with Crippen LogP contribution in [-0.2, 0) is 6.61 Å². The molecule has 0 aliphatic heterocycles. The molecule has 3 aromatic rings. The number of benzene rings is 3. The third-order valence-electron chi connectivity index (χ3n) is 4.57. The van der Waals surface area contributed by atoms with Crippen LogP contribution in [0.15, 0.2) is 77.3 Å². The van der Waals surface area contributed by atoms with Gasteiger partial charge in [0.15, 0.2) is 0 Å². The molecule has 0 bridgehead atoms. The van der Waals surface area contributed by atoms with E-state index in [2.05, 4.69) is 22.9 Å². The van der Waals surface area contributed by atoms with E-state index in [0.717, 1.165) is 28.9 Å². The van der Waals surface area contributed by atoms with Gasteiger partial charge in [0.1, 0.15) is 12.4 Å². The van der Waals surface area contributed by atoms with E-state index < -0.39 is 5.97 Å². The molecule has 3 nitrogen and oxygen atoms in total. The van der Waals surface area contributed by atoms with Gasteiger partial charge in [0.05, 0.1) is 5.56 Å². The topological polar surface area (TPSA) is 46.5 Å². The molecule has 0 aromatic heterocycles. The van der Waals surface area contributed by atoms with Crippen LogP contribution in [0.25, 0.3) is 0 Å². The Balaban J connectivity index is 1.95.